The first kappa shape index (κ1) is 18.2. The van der Waals surface area contributed by atoms with E-state index in [2.05, 4.69) is 43.3 Å². The molecular formula is C19H28N6O. The second kappa shape index (κ2) is 9.22. The molecule has 7 nitrogen and oxygen atoms in total. The van der Waals surface area contributed by atoms with Gasteiger partial charge in [-0.3, -0.25) is 0 Å². The number of benzene rings is 1. The number of aromatic nitrogens is 3. The van der Waals surface area contributed by atoms with Gasteiger partial charge in [-0.25, -0.2) is 0 Å². The molecule has 1 saturated heterocycles. The zero-order valence-corrected chi connectivity index (χ0v) is 15.7. The highest BCUT2D eigenvalue weighted by atomic mass is 16.5. The summed E-state index contributed by atoms with van der Waals surface area (Å²) in [6, 6.07) is 8.15. The van der Waals surface area contributed by atoms with Crippen LogP contribution in [0.4, 0.5) is 17.5 Å². The van der Waals surface area contributed by atoms with Crippen molar-refractivity contribution < 1.29 is 4.74 Å². The van der Waals surface area contributed by atoms with Crippen LogP contribution in [0.1, 0.15) is 26.2 Å². The van der Waals surface area contributed by atoms with Gasteiger partial charge in [0, 0.05) is 32.7 Å². The number of ether oxygens (including phenoxy) is 1. The summed E-state index contributed by atoms with van der Waals surface area (Å²) in [6.45, 7) is 6.65. The topological polar surface area (TPSA) is 66.4 Å². The molecule has 26 heavy (non-hydrogen) atoms. The smallest absolute Gasteiger partial charge is 0.247 e. The van der Waals surface area contributed by atoms with E-state index in [0.717, 1.165) is 56.4 Å². The van der Waals surface area contributed by atoms with Crippen molar-refractivity contribution >= 4 is 17.5 Å². The van der Waals surface area contributed by atoms with Gasteiger partial charge in [-0.2, -0.15) is 10.1 Å². The molecule has 0 radical (unpaired) electrons. The maximum absolute atomic E-state index is 5.48. The van der Waals surface area contributed by atoms with E-state index >= 15 is 0 Å². The second-order valence-electron chi connectivity index (χ2n) is 6.42. The largest absolute Gasteiger partial charge is 0.495 e. The zero-order chi connectivity index (χ0) is 18.2. The molecule has 0 atom stereocenters. The van der Waals surface area contributed by atoms with Gasteiger partial charge in [-0.05, 0) is 18.6 Å². The minimum atomic E-state index is 0.699. The third kappa shape index (κ3) is 4.53. The summed E-state index contributed by atoms with van der Waals surface area (Å²) in [5.41, 5.74) is 1.14. The van der Waals surface area contributed by atoms with Crippen molar-refractivity contribution in [2.24, 2.45) is 0 Å². The molecule has 0 aliphatic carbocycles. The van der Waals surface area contributed by atoms with E-state index in [-0.39, 0.29) is 0 Å². The quantitative estimate of drug-likeness (QED) is 0.730. The van der Waals surface area contributed by atoms with Crippen LogP contribution in [-0.4, -0.2) is 55.0 Å². The van der Waals surface area contributed by atoms with Gasteiger partial charge in [0.25, 0.3) is 0 Å². The Hall–Kier alpha value is -2.57. The predicted octanol–water partition coefficient (Wildman–Crippen LogP) is 2.81. The van der Waals surface area contributed by atoms with Gasteiger partial charge in [0.05, 0.1) is 19.0 Å². The molecule has 0 bridgehead atoms. The molecule has 2 heterocycles. The average Bonchev–Trinajstić information content (AvgIpc) is 2.71. The SMILES string of the molecule is CCCCCNc1cnnc(N2CCN(c3ccccc3OC)CC2)n1. The fourth-order valence-electron chi connectivity index (χ4n) is 3.14. The molecule has 1 aromatic heterocycles. The number of unbranched alkanes of at least 4 members (excludes halogenated alkanes) is 2. The average molecular weight is 356 g/mol. The molecule has 2 aromatic rings. The van der Waals surface area contributed by atoms with Gasteiger partial charge in [-0.15, -0.1) is 5.10 Å². The van der Waals surface area contributed by atoms with Crippen LogP contribution in [0.3, 0.4) is 0 Å². The monoisotopic (exact) mass is 356 g/mol. The maximum Gasteiger partial charge on any atom is 0.247 e. The van der Waals surface area contributed by atoms with Gasteiger partial charge < -0.3 is 19.9 Å². The van der Waals surface area contributed by atoms with E-state index in [9.17, 15) is 0 Å². The fraction of sp³-hybridized carbons (Fsp3) is 0.526. The van der Waals surface area contributed by atoms with E-state index in [1.54, 1.807) is 13.3 Å². The van der Waals surface area contributed by atoms with Crippen molar-refractivity contribution in [1.29, 1.82) is 0 Å². The van der Waals surface area contributed by atoms with E-state index in [1.807, 2.05) is 18.2 Å². The third-order valence-electron chi connectivity index (χ3n) is 4.62. The lowest BCUT2D eigenvalue weighted by Gasteiger charge is -2.36. The third-order valence-corrected chi connectivity index (χ3v) is 4.62. The van der Waals surface area contributed by atoms with E-state index in [4.69, 9.17) is 4.74 Å². The van der Waals surface area contributed by atoms with Gasteiger partial charge in [-0.1, -0.05) is 31.9 Å². The number of rotatable bonds is 8. The number of hydrogen-bond donors (Lipinski definition) is 1. The zero-order valence-electron chi connectivity index (χ0n) is 15.7. The molecule has 3 rings (SSSR count). The minimum Gasteiger partial charge on any atom is -0.495 e. The van der Waals surface area contributed by atoms with E-state index in [0.29, 0.717) is 5.95 Å². The fourth-order valence-corrected chi connectivity index (χ4v) is 3.14. The number of methoxy groups -OCH3 is 1. The van der Waals surface area contributed by atoms with Gasteiger partial charge in [0.15, 0.2) is 5.82 Å². The summed E-state index contributed by atoms with van der Waals surface area (Å²) in [7, 11) is 1.72. The molecule has 1 aliphatic heterocycles. The summed E-state index contributed by atoms with van der Waals surface area (Å²) in [4.78, 5) is 9.16. The molecular weight excluding hydrogens is 328 g/mol. The molecule has 1 fully saturated rings. The number of nitrogens with one attached hydrogen (secondary N) is 1. The maximum atomic E-state index is 5.48. The van der Waals surface area contributed by atoms with Crippen LogP contribution in [0.5, 0.6) is 5.75 Å². The number of anilines is 3. The molecule has 0 unspecified atom stereocenters. The molecule has 0 spiro atoms. The Labute approximate surface area is 155 Å². The van der Waals surface area contributed by atoms with Gasteiger partial charge in [0.2, 0.25) is 5.95 Å². The highest BCUT2D eigenvalue weighted by Crippen LogP contribution is 2.28. The molecule has 0 amide bonds. The predicted molar refractivity (Wildman–Crippen MR) is 105 cm³/mol. The lowest BCUT2D eigenvalue weighted by molar-refractivity contribution is 0.413. The van der Waals surface area contributed by atoms with Gasteiger partial charge in [0.1, 0.15) is 5.75 Å². The first-order chi connectivity index (χ1) is 12.8. The molecule has 1 aromatic carbocycles. The molecule has 1 aliphatic rings. The molecule has 1 N–H and O–H groups in total. The van der Waals surface area contributed by atoms with Crippen molar-refractivity contribution in [3.05, 3.63) is 30.5 Å². The first-order valence-electron chi connectivity index (χ1n) is 9.38. The second-order valence-corrected chi connectivity index (χ2v) is 6.42. The summed E-state index contributed by atoms with van der Waals surface area (Å²) in [5.74, 6) is 2.42. The van der Waals surface area contributed by atoms with E-state index < -0.39 is 0 Å². The van der Waals surface area contributed by atoms with Crippen molar-refractivity contribution in [2.75, 3.05) is 55.0 Å². The minimum absolute atomic E-state index is 0.699. The van der Waals surface area contributed by atoms with Crippen LogP contribution in [-0.2, 0) is 0 Å². The van der Waals surface area contributed by atoms with Crippen LogP contribution in [0.15, 0.2) is 30.5 Å². The summed E-state index contributed by atoms with van der Waals surface area (Å²) in [6.07, 6.45) is 5.28. The van der Waals surface area contributed by atoms with Crippen LogP contribution in [0, 0.1) is 0 Å². The Morgan fingerprint density at radius 3 is 2.62 bits per heavy atom. The Bertz CT molecular complexity index is 687. The Balaban J connectivity index is 1.58. The lowest BCUT2D eigenvalue weighted by Crippen LogP contribution is -2.47. The number of hydrogen-bond acceptors (Lipinski definition) is 7. The highest BCUT2D eigenvalue weighted by Gasteiger charge is 2.21. The van der Waals surface area contributed by atoms with Crippen LogP contribution >= 0.6 is 0 Å². The van der Waals surface area contributed by atoms with Crippen molar-refractivity contribution in [3.8, 4) is 5.75 Å². The Kier molecular flexibility index (Phi) is 6.46. The van der Waals surface area contributed by atoms with E-state index in [1.165, 1.54) is 12.8 Å². The summed E-state index contributed by atoms with van der Waals surface area (Å²) < 4.78 is 5.48. The Morgan fingerprint density at radius 1 is 1.08 bits per heavy atom. The normalized spacial score (nSPS) is 14.4. The lowest BCUT2D eigenvalue weighted by atomic mass is 10.2. The first-order valence-corrected chi connectivity index (χ1v) is 9.38. The van der Waals surface area contributed by atoms with Crippen LogP contribution in [0.2, 0.25) is 0 Å². The number of para-hydroxylation sites is 2. The highest BCUT2D eigenvalue weighted by molar-refractivity contribution is 5.59. The summed E-state index contributed by atoms with van der Waals surface area (Å²) in [5, 5.41) is 11.7. The molecule has 7 heteroatoms. The van der Waals surface area contributed by atoms with Crippen molar-refractivity contribution in [3.63, 3.8) is 0 Å². The standard InChI is InChI=1S/C19H28N6O/c1-3-4-7-10-20-18-15-21-23-19(22-18)25-13-11-24(12-14-25)16-8-5-6-9-17(16)26-2/h5-6,8-9,15H,3-4,7,10-14H2,1-2H3,(H,20,22,23). The van der Waals surface area contributed by atoms with Crippen molar-refractivity contribution in [1.82, 2.24) is 15.2 Å². The molecule has 140 valence electrons. The van der Waals surface area contributed by atoms with Crippen LogP contribution < -0.4 is 19.9 Å². The van der Waals surface area contributed by atoms with Crippen LogP contribution in [0.25, 0.3) is 0 Å². The van der Waals surface area contributed by atoms with Gasteiger partial charge >= 0.3 is 0 Å². The summed E-state index contributed by atoms with van der Waals surface area (Å²) >= 11 is 0. The number of nitrogens with zero attached hydrogens (tertiary/aromatic N) is 5. The molecule has 0 saturated carbocycles. The van der Waals surface area contributed by atoms with Crippen molar-refractivity contribution in [2.45, 2.75) is 26.2 Å². The number of piperazine rings is 1. The Morgan fingerprint density at radius 2 is 1.85 bits per heavy atom.